The van der Waals surface area contributed by atoms with Crippen LogP contribution in [0.1, 0.15) is 16.7 Å². The summed E-state index contributed by atoms with van der Waals surface area (Å²) in [4.78, 5) is 16.6. The Morgan fingerprint density at radius 1 is 1.04 bits per heavy atom. The quantitative estimate of drug-likeness (QED) is 0.735. The van der Waals surface area contributed by atoms with Gasteiger partial charge in [0, 0.05) is 17.3 Å². The van der Waals surface area contributed by atoms with Crippen molar-refractivity contribution in [1.82, 2.24) is 4.90 Å². The van der Waals surface area contributed by atoms with Gasteiger partial charge in [0.2, 0.25) is 0 Å². The summed E-state index contributed by atoms with van der Waals surface area (Å²) in [5.41, 5.74) is 3.74. The molecule has 27 heavy (non-hydrogen) atoms. The summed E-state index contributed by atoms with van der Waals surface area (Å²) in [6, 6.07) is 12.4. The van der Waals surface area contributed by atoms with Crippen molar-refractivity contribution in [2.45, 2.75) is 32.5 Å². The second-order valence-electron chi connectivity index (χ2n) is 7.47. The minimum atomic E-state index is -3.19. The number of sulfone groups is 1. The number of fused-ring (bicyclic) bond motifs is 1. The van der Waals surface area contributed by atoms with Gasteiger partial charge in [-0.05, 0) is 54.8 Å². The zero-order valence-electron chi connectivity index (χ0n) is 15.2. The topological polar surface area (TPSA) is 57.7 Å². The molecular formula is C20H21ClN2O3S. The number of hydrogen-bond donors (Lipinski definition) is 0. The molecule has 0 unspecified atom stereocenters. The molecule has 2 saturated heterocycles. The highest BCUT2D eigenvalue weighted by molar-refractivity contribution is 7.91. The lowest BCUT2D eigenvalue weighted by Crippen LogP contribution is -2.37. The molecule has 0 saturated carbocycles. The predicted molar refractivity (Wildman–Crippen MR) is 107 cm³/mol. The number of anilines is 1. The molecule has 2 aliphatic heterocycles. The van der Waals surface area contributed by atoms with Crippen LogP contribution < -0.4 is 4.90 Å². The van der Waals surface area contributed by atoms with Crippen LogP contribution in [0, 0.1) is 13.8 Å². The number of hydrogen-bond acceptors (Lipinski definition) is 3. The molecule has 0 bridgehead atoms. The second-order valence-corrected chi connectivity index (χ2v) is 10.1. The molecule has 2 heterocycles. The maximum absolute atomic E-state index is 13.3. The molecule has 0 aromatic heterocycles. The van der Waals surface area contributed by atoms with E-state index in [2.05, 4.69) is 0 Å². The highest BCUT2D eigenvalue weighted by Gasteiger charge is 2.53. The molecule has 2 atom stereocenters. The van der Waals surface area contributed by atoms with Crippen LogP contribution in [0.25, 0.3) is 0 Å². The minimum Gasteiger partial charge on any atom is -0.314 e. The molecule has 2 amide bonds. The van der Waals surface area contributed by atoms with Gasteiger partial charge >= 0.3 is 6.03 Å². The van der Waals surface area contributed by atoms with Crippen LogP contribution in [0.2, 0.25) is 5.02 Å². The van der Waals surface area contributed by atoms with Gasteiger partial charge in [0.05, 0.1) is 23.6 Å². The minimum absolute atomic E-state index is 0.00242. The lowest BCUT2D eigenvalue weighted by atomic mass is 10.1. The molecule has 2 fully saturated rings. The van der Waals surface area contributed by atoms with E-state index in [1.54, 1.807) is 15.9 Å². The van der Waals surface area contributed by atoms with E-state index in [0.29, 0.717) is 11.6 Å². The van der Waals surface area contributed by atoms with E-state index in [1.807, 2.05) is 50.2 Å². The fourth-order valence-corrected chi connectivity index (χ4v) is 6.35. The first-order valence-electron chi connectivity index (χ1n) is 8.86. The average molecular weight is 405 g/mol. The number of rotatable bonds is 3. The largest absolute Gasteiger partial charge is 0.325 e. The molecular weight excluding hydrogens is 384 g/mol. The van der Waals surface area contributed by atoms with Gasteiger partial charge in [-0.2, -0.15) is 0 Å². The Kier molecular flexibility index (Phi) is 4.43. The lowest BCUT2D eigenvalue weighted by Gasteiger charge is -2.23. The fourth-order valence-electron chi connectivity index (χ4n) is 4.19. The van der Waals surface area contributed by atoms with Crippen molar-refractivity contribution >= 4 is 33.2 Å². The SMILES string of the molecule is Cc1cc(C)cc(N2C(=O)N(Cc3cccc(Cl)c3)[C@H]3CS(=O)(=O)C[C@H]32)c1. The first-order valence-corrected chi connectivity index (χ1v) is 11.1. The molecule has 2 aromatic carbocycles. The number of carbonyl (C=O) groups excluding carboxylic acids is 1. The molecule has 142 valence electrons. The second kappa shape index (κ2) is 6.53. The number of aryl methyl sites for hydroxylation is 2. The van der Waals surface area contributed by atoms with E-state index in [1.165, 1.54) is 0 Å². The van der Waals surface area contributed by atoms with E-state index < -0.39 is 9.84 Å². The van der Waals surface area contributed by atoms with Crippen LogP contribution in [-0.4, -0.2) is 42.9 Å². The van der Waals surface area contributed by atoms with Crippen molar-refractivity contribution in [1.29, 1.82) is 0 Å². The third-order valence-electron chi connectivity index (χ3n) is 5.20. The normalized spacial score (nSPS) is 23.7. The van der Waals surface area contributed by atoms with Gasteiger partial charge in [-0.15, -0.1) is 0 Å². The van der Waals surface area contributed by atoms with Crippen molar-refractivity contribution in [2.75, 3.05) is 16.4 Å². The third-order valence-corrected chi connectivity index (χ3v) is 7.14. The zero-order valence-corrected chi connectivity index (χ0v) is 16.8. The zero-order chi connectivity index (χ0) is 19.3. The Labute approximate surface area is 164 Å². The Hall–Kier alpha value is -2.05. The molecule has 2 aromatic rings. The maximum atomic E-state index is 13.3. The summed E-state index contributed by atoms with van der Waals surface area (Å²) in [7, 11) is -3.19. The monoisotopic (exact) mass is 404 g/mol. The number of nitrogens with zero attached hydrogens (tertiary/aromatic N) is 2. The Morgan fingerprint density at radius 2 is 1.70 bits per heavy atom. The van der Waals surface area contributed by atoms with E-state index >= 15 is 0 Å². The van der Waals surface area contributed by atoms with Gasteiger partial charge in [-0.1, -0.05) is 29.8 Å². The predicted octanol–water partition coefficient (Wildman–Crippen LogP) is 3.56. The van der Waals surface area contributed by atoms with Gasteiger partial charge in [0.25, 0.3) is 0 Å². The summed E-state index contributed by atoms with van der Waals surface area (Å²) in [5, 5.41) is 0.598. The van der Waals surface area contributed by atoms with Crippen LogP contribution >= 0.6 is 11.6 Å². The number of benzene rings is 2. The molecule has 0 radical (unpaired) electrons. The highest BCUT2D eigenvalue weighted by atomic mass is 35.5. The van der Waals surface area contributed by atoms with Crippen LogP contribution in [0.15, 0.2) is 42.5 Å². The lowest BCUT2D eigenvalue weighted by molar-refractivity contribution is 0.206. The van der Waals surface area contributed by atoms with Gasteiger partial charge in [0.1, 0.15) is 0 Å². The summed E-state index contributed by atoms with van der Waals surface area (Å²) >= 11 is 6.07. The number of amides is 2. The average Bonchev–Trinajstić information content (AvgIpc) is 2.98. The Balaban J connectivity index is 1.73. The number of halogens is 1. The van der Waals surface area contributed by atoms with E-state index in [9.17, 15) is 13.2 Å². The smallest absolute Gasteiger partial charge is 0.314 e. The van der Waals surface area contributed by atoms with Crippen molar-refractivity contribution < 1.29 is 13.2 Å². The highest BCUT2D eigenvalue weighted by Crippen LogP contribution is 2.36. The van der Waals surface area contributed by atoms with Crippen LogP contribution in [0.5, 0.6) is 0 Å². The van der Waals surface area contributed by atoms with Crippen molar-refractivity contribution in [3.8, 4) is 0 Å². The number of urea groups is 1. The molecule has 4 rings (SSSR count). The van der Waals surface area contributed by atoms with Crippen molar-refractivity contribution in [3.63, 3.8) is 0 Å². The molecule has 0 spiro atoms. The van der Waals surface area contributed by atoms with Crippen molar-refractivity contribution in [3.05, 3.63) is 64.2 Å². The summed E-state index contributed by atoms with van der Waals surface area (Å²) in [5.74, 6) is 0.00765. The Bertz CT molecular complexity index is 1000. The third kappa shape index (κ3) is 3.44. The molecule has 0 N–H and O–H groups in total. The fraction of sp³-hybridized carbons (Fsp3) is 0.350. The van der Waals surface area contributed by atoms with E-state index in [4.69, 9.17) is 11.6 Å². The molecule has 2 aliphatic rings. The van der Waals surface area contributed by atoms with Gasteiger partial charge in [-0.25, -0.2) is 13.2 Å². The summed E-state index contributed by atoms with van der Waals surface area (Å²) < 4.78 is 24.7. The summed E-state index contributed by atoms with van der Waals surface area (Å²) in [6.45, 7) is 4.30. The van der Waals surface area contributed by atoms with Gasteiger partial charge < -0.3 is 4.90 Å². The van der Waals surface area contributed by atoms with E-state index in [-0.39, 0.29) is 29.6 Å². The first kappa shape index (κ1) is 18.3. The van der Waals surface area contributed by atoms with Crippen molar-refractivity contribution in [2.24, 2.45) is 0 Å². The summed E-state index contributed by atoms with van der Waals surface area (Å²) in [6.07, 6.45) is 0. The first-order chi connectivity index (χ1) is 12.7. The number of carbonyl (C=O) groups is 1. The standard InChI is InChI=1S/C20H21ClN2O3S/c1-13-6-14(2)8-17(7-13)23-19-12-27(25,26)11-18(19)22(20(23)24)10-15-4-3-5-16(21)9-15/h3-9,18-19H,10-12H2,1-2H3/t18-,19+/m0/s1. The van der Waals surface area contributed by atoms with Gasteiger partial charge in [0.15, 0.2) is 9.84 Å². The maximum Gasteiger partial charge on any atom is 0.325 e. The van der Waals surface area contributed by atoms with Crippen LogP contribution in [0.3, 0.4) is 0 Å². The van der Waals surface area contributed by atoms with Crippen LogP contribution in [-0.2, 0) is 16.4 Å². The van der Waals surface area contributed by atoms with Crippen LogP contribution in [0.4, 0.5) is 10.5 Å². The molecule has 5 nitrogen and oxygen atoms in total. The van der Waals surface area contributed by atoms with Gasteiger partial charge in [-0.3, -0.25) is 4.90 Å². The molecule has 0 aliphatic carbocycles. The molecule has 7 heteroatoms. The van der Waals surface area contributed by atoms with E-state index in [0.717, 1.165) is 22.4 Å². The Morgan fingerprint density at radius 3 is 2.37 bits per heavy atom.